The molecule has 1 amide bonds. The lowest BCUT2D eigenvalue weighted by atomic mass is 10.1. The molecule has 0 saturated heterocycles. The van der Waals surface area contributed by atoms with E-state index in [0.717, 1.165) is 0 Å². The molecule has 0 atom stereocenters. The first-order valence-corrected chi connectivity index (χ1v) is 6.33. The van der Waals surface area contributed by atoms with Crippen molar-refractivity contribution in [1.29, 1.82) is 10.5 Å². The van der Waals surface area contributed by atoms with Crippen LogP contribution in [-0.2, 0) is 9.53 Å². The Morgan fingerprint density at radius 3 is 2.68 bits per heavy atom. The summed E-state index contributed by atoms with van der Waals surface area (Å²) in [7, 11) is 1.24. The third kappa shape index (κ3) is 4.66. The van der Waals surface area contributed by atoms with Crippen molar-refractivity contribution in [3.63, 3.8) is 0 Å². The van der Waals surface area contributed by atoms with Gasteiger partial charge in [-0.1, -0.05) is 12.1 Å². The number of amides is 1. The van der Waals surface area contributed by atoms with Gasteiger partial charge in [0.15, 0.2) is 0 Å². The predicted octanol–water partition coefficient (Wildman–Crippen LogP) is 1.32. The monoisotopic (exact) mass is 298 g/mol. The van der Waals surface area contributed by atoms with Gasteiger partial charge in [-0.25, -0.2) is 4.79 Å². The highest BCUT2D eigenvalue weighted by Gasteiger charge is 2.15. The fourth-order valence-electron chi connectivity index (χ4n) is 1.52. The molecule has 1 aromatic rings. The second-order valence-corrected chi connectivity index (χ2v) is 4.02. The van der Waals surface area contributed by atoms with E-state index in [1.54, 1.807) is 18.2 Å². The first-order chi connectivity index (χ1) is 10.6. The maximum absolute atomic E-state index is 12.0. The summed E-state index contributed by atoms with van der Waals surface area (Å²) in [6, 6.07) is 9.98. The summed E-state index contributed by atoms with van der Waals surface area (Å²) in [4.78, 5) is 23.6. The molecule has 1 rings (SSSR count). The number of rotatable bonds is 6. The highest BCUT2D eigenvalue weighted by atomic mass is 16.5. The average molecular weight is 298 g/mol. The number of hydrogen-bond acceptors (Lipinski definition) is 6. The van der Waals surface area contributed by atoms with Crippen LogP contribution in [0.4, 0.5) is 5.69 Å². The van der Waals surface area contributed by atoms with Crippen LogP contribution in [-0.4, -0.2) is 25.5 Å². The number of anilines is 1. The molecule has 0 aliphatic heterocycles. The molecule has 0 aromatic heterocycles. The summed E-state index contributed by atoms with van der Waals surface area (Å²) >= 11 is 0. The van der Waals surface area contributed by atoms with E-state index >= 15 is 0 Å². The molecule has 112 valence electrons. The van der Waals surface area contributed by atoms with Gasteiger partial charge in [0.2, 0.25) is 0 Å². The summed E-state index contributed by atoms with van der Waals surface area (Å²) in [5.41, 5.74) is 0.267. The van der Waals surface area contributed by atoms with Crippen molar-refractivity contribution in [2.75, 3.05) is 19.0 Å². The summed E-state index contributed by atoms with van der Waals surface area (Å²) in [5.74, 6) is -1.26. The molecule has 7 nitrogen and oxygen atoms in total. The first kappa shape index (κ1) is 16.7. The Balaban J connectivity index is 2.86. The Kier molecular flexibility index (Phi) is 6.67. The molecule has 0 fully saturated rings. The standard InChI is InChI=1S/C15H14N4O3/c1-22-15(21)12-5-2-3-6-13(12)19-14(20)11(9-17)10-18-8-4-7-16/h2-3,5-6,10,18H,4,8H2,1H3,(H,19,20)/b11-10-. The quantitative estimate of drug-likeness (QED) is 0.354. The van der Waals surface area contributed by atoms with Gasteiger partial charge in [-0.3, -0.25) is 4.79 Å². The molecule has 0 radical (unpaired) electrons. The maximum Gasteiger partial charge on any atom is 0.339 e. The number of methoxy groups -OCH3 is 1. The molecule has 0 aliphatic rings. The Labute approximate surface area is 127 Å². The van der Waals surface area contributed by atoms with Gasteiger partial charge in [-0.15, -0.1) is 0 Å². The summed E-state index contributed by atoms with van der Waals surface area (Å²) in [6.07, 6.45) is 1.48. The van der Waals surface area contributed by atoms with E-state index in [9.17, 15) is 9.59 Å². The first-order valence-electron chi connectivity index (χ1n) is 6.33. The molecule has 1 aromatic carbocycles. The van der Waals surface area contributed by atoms with Crippen LogP contribution in [0.2, 0.25) is 0 Å². The van der Waals surface area contributed by atoms with Crippen LogP contribution in [0.5, 0.6) is 0 Å². The van der Waals surface area contributed by atoms with E-state index in [0.29, 0.717) is 6.54 Å². The lowest BCUT2D eigenvalue weighted by molar-refractivity contribution is -0.112. The summed E-state index contributed by atoms with van der Waals surface area (Å²) in [6.45, 7) is 0.327. The smallest absolute Gasteiger partial charge is 0.339 e. The fourth-order valence-corrected chi connectivity index (χ4v) is 1.52. The number of ether oxygens (including phenoxy) is 1. The van der Waals surface area contributed by atoms with Crippen molar-refractivity contribution in [3.8, 4) is 12.1 Å². The molecule has 0 heterocycles. The van der Waals surface area contributed by atoms with E-state index < -0.39 is 11.9 Å². The lowest BCUT2D eigenvalue weighted by Crippen LogP contribution is -2.19. The number of benzene rings is 1. The topological polar surface area (TPSA) is 115 Å². The Morgan fingerprint density at radius 2 is 2.05 bits per heavy atom. The van der Waals surface area contributed by atoms with E-state index in [4.69, 9.17) is 10.5 Å². The minimum Gasteiger partial charge on any atom is -0.465 e. The highest BCUT2D eigenvalue weighted by Crippen LogP contribution is 2.16. The van der Waals surface area contributed by atoms with Crippen molar-refractivity contribution in [3.05, 3.63) is 41.6 Å². The van der Waals surface area contributed by atoms with Gasteiger partial charge in [0.25, 0.3) is 5.91 Å². The molecule has 0 unspecified atom stereocenters. The minimum atomic E-state index is -0.664. The lowest BCUT2D eigenvalue weighted by Gasteiger charge is -2.09. The van der Waals surface area contributed by atoms with Crippen molar-refractivity contribution in [1.82, 2.24) is 5.32 Å². The number of nitriles is 2. The van der Waals surface area contributed by atoms with Crippen molar-refractivity contribution in [2.24, 2.45) is 0 Å². The number of nitrogens with zero attached hydrogens (tertiary/aromatic N) is 2. The zero-order valence-corrected chi connectivity index (χ0v) is 11.9. The number of nitrogens with one attached hydrogen (secondary N) is 2. The Hall–Kier alpha value is -3.32. The van der Waals surface area contributed by atoms with Gasteiger partial charge in [-0.2, -0.15) is 10.5 Å². The molecule has 0 aliphatic carbocycles. The van der Waals surface area contributed by atoms with E-state index in [1.807, 2.05) is 6.07 Å². The molecule has 22 heavy (non-hydrogen) atoms. The largest absolute Gasteiger partial charge is 0.465 e. The third-order valence-electron chi connectivity index (χ3n) is 2.57. The number of esters is 1. The van der Waals surface area contributed by atoms with Crippen LogP contribution >= 0.6 is 0 Å². The van der Waals surface area contributed by atoms with Crippen LogP contribution in [0.15, 0.2) is 36.0 Å². The van der Waals surface area contributed by atoms with Crippen molar-refractivity contribution in [2.45, 2.75) is 6.42 Å². The molecule has 0 saturated carbocycles. The Morgan fingerprint density at radius 1 is 1.32 bits per heavy atom. The van der Waals surface area contributed by atoms with Gasteiger partial charge >= 0.3 is 5.97 Å². The van der Waals surface area contributed by atoms with Gasteiger partial charge < -0.3 is 15.4 Å². The molecule has 2 N–H and O–H groups in total. The fraction of sp³-hybridized carbons (Fsp3) is 0.200. The molecular weight excluding hydrogens is 284 g/mol. The molecule has 7 heteroatoms. The third-order valence-corrected chi connectivity index (χ3v) is 2.57. The van der Waals surface area contributed by atoms with E-state index in [1.165, 1.54) is 25.4 Å². The van der Waals surface area contributed by atoms with E-state index in [2.05, 4.69) is 15.4 Å². The van der Waals surface area contributed by atoms with Crippen LogP contribution in [0.25, 0.3) is 0 Å². The zero-order chi connectivity index (χ0) is 16.4. The Bertz CT molecular complexity index is 668. The molecular formula is C15H14N4O3. The van der Waals surface area contributed by atoms with Crippen LogP contribution in [0.3, 0.4) is 0 Å². The predicted molar refractivity (Wildman–Crippen MR) is 78.3 cm³/mol. The van der Waals surface area contributed by atoms with Gasteiger partial charge in [0.1, 0.15) is 11.6 Å². The summed E-state index contributed by atoms with van der Waals surface area (Å²) < 4.78 is 4.62. The van der Waals surface area contributed by atoms with Crippen LogP contribution < -0.4 is 10.6 Å². The average Bonchev–Trinajstić information content (AvgIpc) is 2.54. The molecule has 0 spiro atoms. The van der Waals surface area contributed by atoms with Crippen molar-refractivity contribution < 1.29 is 14.3 Å². The van der Waals surface area contributed by atoms with Gasteiger partial charge in [0.05, 0.1) is 30.9 Å². The zero-order valence-electron chi connectivity index (χ0n) is 11.9. The number of para-hydroxylation sites is 1. The second kappa shape index (κ2) is 8.77. The van der Waals surface area contributed by atoms with Gasteiger partial charge in [0, 0.05) is 12.7 Å². The normalized spacial score (nSPS) is 10.0. The number of hydrogen-bond donors (Lipinski definition) is 2. The second-order valence-electron chi connectivity index (χ2n) is 4.02. The van der Waals surface area contributed by atoms with Gasteiger partial charge in [-0.05, 0) is 12.1 Å². The number of carbonyl (C=O) groups excluding carboxylic acids is 2. The number of carbonyl (C=O) groups is 2. The summed E-state index contributed by atoms with van der Waals surface area (Å²) in [5, 5.41) is 22.6. The van der Waals surface area contributed by atoms with Crippen LogP contribution in [0, 0.1) is 22.7 Å². The van der Waals surface area contributed by atoms with Crippen LogP contribution in [0.1, 0.15) is 16.8 Å². The highest BCUT2D eigenvalue weighted by molar-refractivity contribution is 6.09. The molecule has 0 bridgehead atoms. The van der Waals surface area contributed by atoms with Crippen molar-refractivity contribution >= 4 is 17.6 Å². The SMILES string of the molecule is COC(=O)c1ccccc1NC(=O)/C(C#N)=C\NCCC#N. The minimum absolute atomic E-state index is 0.169. The van der Waals surface area contributed by atoms with E-state index in [-0.39, 0.29) is 23.2 Å². The maximum atomic E-state index is 12.0.